The molecule has 1 aliphatic rings. The number of ether oxygens (including phenoxy) is 3. The van der Waals surface area contributed by atoms with Crippen molar-refractivity contribution in [1.82, 2.24) is 4.90 Å². The van der Waals surface area contributed by atoms with Gasteiger partial charge in [-0.25, -0.2) is 0 Å². The summed E-state index contributed by atoms with van der Waals surface area (Å²) in [5, 5.41) is -0.504. The van der Waals surface area contributed by atoms with Gasteiger partial charge < -0.3 is 14.2 Å². The van der Waals surface area contributed by atoms with E-state index in [1.807, 2.05) is 13.8 Å². The molecule has 0 saturated carbocycles. The highest BCUT2D eigenvalue weighted by Crippen LogP contribution is 2.34. The molecule has 1 atom stereocenters. The van der Waals surface area contributed by atoms with Crippen LogP contribution in [0.4, 0.5) is 4.79 Å². The highest BCUT2D eigenvalue weighted by Gasteiger charge is 2.36. The van der Waals surface area contributed by atoms with Gasteiger partial charge in [-0.15, -0.1) is 0 Å². The maximum atomic E-state index is 12.3. The summed E-state index contributed by atoms with van der Waals surface area (Å²) in [5.41, 5.74) is 0.682. The average Bonchev–Trinajstić information content (AvgIpc) is 2.89. The molecule has 0 N–H and O–H groups in total. The average molecular weight is 379 g/mol. The summed E-state index contributed by atoms with van der Waals surface area (Å²) in [4.78, 5) is 36.7. The lowest BCUT2D eigenvalue weighted by Gasteiger charge is -2.15. The predicted octanol–water partition coefficient (Wildman–Crippen LogP) is 3.08. The Morgan fingerprint density at radius 3 is 2.62 bits per heavy atom. The zero-order chi connectivity index (χ0) is 19.3. The van der Waals surface area contributed by atoms with Crippen LogP contribution < -0.4 is 9.47 Å². The summed E-state index contributed by atoms with van der Waals surface area (Å²) in [7, 11) is 2.74. The summed E-state index contributed by atoms with van der Waals surface area (Å²) < 4.78 is 15.6. The van der Waals surface area contributed by atoms with Gasteiger partial charge in [-0.3, -0.25) is 19.3 Å². The molecule has 7 nitrogen and oxygen atoms in total. The van der Waals surface area contributed by atoms with Crippen molar-refractivity contribution in [2.24, 2.45) is 0 Å². The molecule has 0 spiro atoms. The number of rotatable bonds is 7. The smallest absolute Gasteiger partial charge is 0.325 e. The fourth-order valence-electron chi connectivity index (χ4n) is 2.15. The molecule has 0 radical (unpaired) electrons. The van der Waals surface area contributed by atoms with Gasteiger partial charge in [-0.05, 0) is 48.9 Å². The third kappa shape index (κ3) is 4.57. The molecule has 1 aromatic rings. The number of esters is 1. The number of hydrogen-bond donors (Lipinski definition) is 0. The van der Waals surface area contributed by atoms with E-state index in [-0.39, 0.29) is 11.0 Å². The molecule has 8 heteroatoms. The van der Waals surface area contributed by atoms with Crippen LogP contribution in [0.3, 0.4) is 0 Å². The van der Waals surface area contributed by atoms with Gasteiger partial charge in [0.15, 0.2) is 11.5 Å². The first-order valence-electron chi connectivity index (χ1n) is 8.06. The number of amides is 2. The van der Waals surface area contributed by atoms with Gasteiger partial charge in [0.2, 0.25) is 0 Å². The molecule has 26 heavy (non-hydrogen) atoms. The van der Waals surface area contributed by atoms with Crippen LogP contribution in [0.1, 0.15) is 25.8 Å². The molecule has 2 rings (SSSR count). The third-order valence-corrected chi connectivity index (χ3v) is 4.68. The summed E-state index contributed by atoms with van der Waals surface area (Å²) in [6.45, 7) is 3.59. The van der Waals surface area contributed by atoms with Crippen LogP contribution in [0.25, 0.3) is 6.08 Å². The van der Waals surface area contributed by atoms with E-state index in [9.17, 15) is 14.4 Å². The van der Waals surface area contributed by atoms with Crippen molar-refractivity contribution in [3.63, 3.8) is 0 Å². The van der Waals surface area contributed by atoms with E-state index in [2.05, 4.69) is 4.74 Å². The number of carbonyl (C=O) groups is 3. The standard InChI is InChI=1S/C18H21NO6S/c1-5-11(2)25-13-7-6-12(8-14(13)23-3)9-15-17(21)19(18(22)26-15)10-16(20)24-4/h6-9,11H,5,10H2,1-4H3/b15-9-. The van der Waals surface area contributed by atoms with Gasteiger partial charge >= 0.3 is 5.97 Å². The quantitative estimate of drug-likeness (QED) is 0.532. The Bertz CT molecular complexity index is 745. The normalized spacial score (nSPS) is 16.8. The van der Waals surface area contributed by atoms with Gasteiger partial charge in [0.1, 0.15) is 6.54 Å². The minimum absolute atomic E-state index is 0.0459. The molecular weight excluding hydrogens is 358 g/mol. The Hall–Kier alpha value is -2.48. The lowest BCUT2D eigenvalue weighted by Crippen LogP contribution is -2.34. The second-order valence-electron chi connectivity index (χ2n) is 5.59. The summed E-state index contributed by atoms with van der Waals surface area (Å²) in [6, 6.07) is 5.26. The molecule has 140 valence electrons. The topological polar surface area (TPSA) is 82.1 Å². The minimum Gasteiger partial charge on any atom is -0.493 e. The maximum Gasteiger partial charge on any atom is 0.325 e. The number of methoxy groups -OCH3 is 2. The molecule has 2 amide bonds. The van der Waals surface area contributed by atoms with E-state index >= 15 is 0 Å². The van der Waals surface area contributed by atoms with E-state index in [1.54, 1.807) is 24.3 Å². The largest absolute Gasteiger partial charge is 0.493 e. The molecule has 1 saturated heterocycles. The summed E-state index contributed by atoms with van der Waals surface area (Å²) in [5.74, 6) is -0.0308. The fourth-order valence-corrected chi connectivity index (χ4v) is 2.99. The second-order valence-corrected chi connectivity index (χ2v) is 6.58. The van der Waals surface area contributed by atoms with Crippen molar-refractivity contribution < 1.29 is 28.6 Å². The molecular formula is C18H21NO6S. The molecule has 0 aromatic heterocycles. The van der Waals surface area contributed by atoms with E-state index in [0.29, 0.717) is 17.1 Å². The Morgan fingerprint density at radius 1 is 1.27 bits per heavy atom. The van der Waals surface area contributed by atoms with Crippen molar-refractivity contribution in [2.75, 3.05) is 20.8 Å². The number of imide groups is 1. The monoisotopic (exact) mass is 379 g/mol. The zero-order valence-corrected chi connectivity index (χ0v) is 15.9. The number of thioether (sulfide) groups is 1. The van der Waals surface area contributed by atoms with Crippen molar-refractivity contribution in [1.29, 1.82) is 0 Å². The van der Waals surface area contributed by atoms with Crippen LogP contribution in [-0.2, 0) is 14.3 Å². The van der Waals surface area contributed by atoms with E-state index in [1.165, 1.54) is 14.2 Å². The highest BCUT2D eigenvalue weighted by atomic mass is 32.2. The number of hydrogen-bond acceptors (Lipinski definition) is 7. The minimum atomic E-state index is -0.651. The van der Waals surface area contributed by atoms with E-state index < -0.39 is 23.7 Å². The number of carbonyl (C=O) groups excluding carboxylic acids is 3. The lowest BCUT2D eigenvalue weighted by atomic mass is 10.1. The van der Waals surface area contributed by atoms with Crippen molar-refractivity contribution >= 4 is 35.0 Å². The summed E-state index contributed by atoms with van der Waals surface area (Å²) >= 11 is 0.780. The lowest BCUT2D eigenvalue weighted by molar-refractivity contribution is -0.143. The number of nitrogens with zero attached hydrogens (tertiary/aromatic N) is 1. The van der Waals surface area contributed by atoms with E-state index in [0.717, 1.165) is 23.1 Å². The van der Waals surface area contributed by atoms with Crippen LogP contribution in [0, 0.1) is 0 Å². The summed E-state index contributed by atoms with van der Waals surface area (Å²) in [6.07, 6.45) is 2.49. The Kier molecular flexibility index (Phi) is 6.68. The molecule has 1 aromatic carbocycles. The van der Waals surface area contributed by atoms with Gasteiger partial charge in [0.05, 0.1) is 25.2 Å². The van der Waals surface area contributed by atoms with Crippen LogP contribution >= 0.6 is 11.8 Å². The van der Waals surface area contributed by atoms with Gasteiger partial charge in [0.25, 0.3) is 11.1 Å². The molecule has 1 fully saturated rings. The Morgan fingerprint density at radius 2 is 2.00 bits per heavy atom. The molecule has 1 heterocycles. The molecule has 1 unspecified atom stereocenters. The molecule has 0 aliphatic carbocycles. The molecule has 0 bridgehead atoms. The molecule has 1 aliphatic heterocycles. The first-order chi connectivity index (χ1) is 12.4. The first-order valence-corrected chi connectivity index (χ1v) is 8.88. The SMILES string of the molecule is CCC(C)Oc1ccc(/C=C2\SC(=O)N(CC(=O)OC)C2=O)cc1OC. The predicted molar refractivity (Wildman–Crippen MR) is 98.1 cm³/mol. The van der Waals surface area contributed by atoms with Crippen LogP contribution in [-0.4, -0.2) is 48.9 Å². The van der Waals surface area contributed by atoms with Gasteiger partial charge in [-0.2, -0.15) is 0 Å². The third-order valence-electron chi connectivity index (χ3n) is 3.78. The highest BCUT2D eigenvalue weighted by molar-refractivity contribution is 8.18. The van der Waals surface area contributed by atoms with Crippen molar-refractivity contribution in [3.05, 3.63) is 28.7 Å². The van der Waals surface area contributed by atoms with Crippen molar-refractivity contribution in [3.8, 4) is 11.5 Å². The first kappa shape index (κ1) is 19.8. The van der Waals surface area contributed by atoms with Crippen molar-refractivity contribution in [2.45, 2.75) is 26.4 Å². The Labute approximate surface area is 156 Å². The Balaban J connectivity index is 2.22. The van der Waals surface area contributed by atoms with Gasteiger partial charge in [-0.1, -0.05) is 13.0 Å². The second kappa shape index (κ2) is 8.75. The van der Waals surface area contributed by atoms with E-state index in [4.69, 9.17) is 9.47 Å². The van der Waals surface area contributed by atoms with Crippen LogP contribution in [0.2, 0.25) is 0 Å². The maximum absolute atomic E-state index is 12.3. The van der Waals surface area contributed by atoms with Gasteiger partial charge in [0, 0.05) is 0 Å². The zero-order valence-electron chi connectivity index (χ0n) is 15.1. The number of benzene rings is 1. The van der Waals surface area contributed by atoms with Crippen LogP contribution in [0.5, 0.6) is 11.5 Å². The fraction of sp³-hybridized carbons (Fsp3) is 0.389. The van der Waals surface area contributed by atoms with Crippen LogP contribution in [0.15, 0.2) is 23.1 Å².